The summed E-state index contributed by atoms with van der Waals surface area (Å²) in [7, 11) is 0. The number of nitrogens with zero attached hydrogens (tertiary/aromatic N) is 4. The van der Waals surface area contributed by atoms with Gasteiger partial charge in [-0.05, 0) is 30.3 Å². The molecule has 4 rings (SSSR count). The van der Waals surface area contributed by atoms with Crippen LogP contribution in [-0.4, -0.2) is 51.2 Å². The minimum absolute atomic E-state index is 0.135. The maximum Gasteiger partial charge on any atom is 0.213 e. The standard InChI is InChI=1S/C19H19BrN6O/c20-13-4-5-17(15(9-13)19(27)16-3-1-2-6-23-16)26-12-24-25-18(26)10-14-11-21-7-8-22-14/h1-6,9,12,14,21-22H,7-8,10-11H2. The molecule has 3 heterocycles. The SMILES string of the molecule is O=C(c1ccccn1)c1cc(Br)ccc1-n1cnnc1CC1CNCCN1. The zero-order chi connectivity index (χ0) is 18.6. The highest BCUT2D eigenvalue weighted by Crippen LogP contribution is 2.23. The van der Waals surface area contributed by atoms with Gasteiger partial charge in [0.2, 0.25) is 5.78 Å². The Labute approximate surface area is 165 Å². The Morgan fingerprint density at radius 2 is 2.19 bits per heavy atom. The molecule has 0 saturated carbocycles. The van der Waals surface area contributed by atoms with Crippen LogP contribution in [0.5, 0.6) is 0 Å². The number of carbonyl (C=O) groups is 1. The Balaban J connectivity index is 1.71. The third-order valence-electron chi connectivity index (χ3n) is 4.53. The Morgan fingerprint density at radius 3 is 2.96 bits per heavy atom. The van der Waals surface area contributed by atoms with Gasteiger partial charge in [0, 0.05) is 48.3 Å². The molecule has 1 aliphatic heterocycles. The molecule has 1 aromatic carbocycles. The number of pyridine rings is 1. The minimum Gasteiger partial charge on any atom is -0.314 e. The molecule has 0 amide bonds. The summed E-state index contributed by atoms with van der Waals surface area (Å²) in [6.45, 7) is 2.78. The van der Waals surface area contributed by atoms with Gasteiger partial charge in [0.1, 0.15) is 17.8 Å². The van der Waals surface area contributed by atoms with Crippen LogP contribution in [0.2, 0.25) is 0 Å². The summed E-state index contributed by atoms with van der Waals surface area (Å²) in [5.74, 6) is 0.678. The second-order valence-corrected chi connectivity index (χ2v) is 7.30. The van der Waals surface area contributed by atoms with Gasteiger partial charge in [-0.25, -0.2) is 0 Å². The summed E-state index contributed by atoms with van der Waals surface area (Å²) < 4.78 is 2.72. The number of ketones is 1. The van der Waals surface area contributed by atoms with E-state index in [2.05, 4.69) is 41.7 Å². The van der Waals surface area contributed by atoms with Crippen molar-refractivity contribution in [3.63, 3.8) is 0 Å². The second-order valence-electron chi connectivity index (χ2n) is 6.38. The molecule has 1 fully saturated rings. The molecule has 0 bridgehead atoms. The van der Waals surface area contributed by atoms with Gasteiger partial charge in [-0.1, -0.05) is 22.0 Å². The van der Waals surface area contributed by atoms with E-state index in [1.54, 1.807) is 24.7 Å². The molecule has 27 heavy (non-hydrogen) atoms. The average molecular weight is 427 g/mol. The highest BCUT2D eigenvalue weighted by Gasteiger charge is 2.21. The summed E-state index contributed by atoms with van der Waals surface area (Å²) in [6, 6.07) is 11.2. The van der Waals surface area contributed by atoms with E-state index < -0.39 is 0 Å². The van der Waals surface area contributed by atoms with Crippen molar-refractivity contribution in [1.29, 1.82) is 0 Å². The van der Waals surface area contributed by atoms with E-state index in [0.717, 1.165) is 42.0 Å². The van der Waals surface area contributed by atoms with Crippen molar-refractivity contribution >= 4 is 21.7 Å². The van der Waals surface area contributed by atoms with Crippen LogP contribution in [0.3, 0.4) is 0 Å². The average Bonchev–Trinajstić information content (AvgIpc) is 3.16. The molecule has 1 unspecified atom stereocenters. The van der Waals surface area contributed by atoms with E-state index in [0.29, 0.717) is 11.3 Å². The monoisotopic (exact) mass is 426 g/mol. The van der Waals surface area contributed by atoms with Crippen molar-refractivity contribution in [2.24, 2.45) is 0 Å². The van der Waals surface area contributed by atoms with Crippen molar-refractivity contribution < 1.29 is 4.79 Å². The molecule has 1 aliphatic rings. The number of nitrogens with one attached hydrogen (secondary N) is 2. The quantitative estimate of drug-likeness (QED) is 0.604. The van der Waals surface area contributed by atoms with Gasteiger partial charge < -0.3 is 10.6 Å². The lowest BCUT2D eigenvalue weighted by Crippen LogP contribution is -2.49. The predicted octanol–water partition coefficient (Wildman–Crippen LogP) is 1.76. The highest BCUT2D eigenvalue weighted by molar-refractivity contribution is 9.10. The smallest absolute Gasteiger partial charge is 0.213 e. The summed E-state index contributed by atoms with van der Waals surface area (Å²) in [4.78, 5) is 17.3. The first-order chi connectivity index (χ1) is 13.2. The van der Waals surface area contributed by atoms with Crippen LogP contribution in [0.1, 0.15) is 21.9 Å². The third-order valence-corrected chi connectivity index (χ3v) is 5.03. The molecule has 7 nitrogen and oxygen atoms in total. The topological polar surface area (TPSA) is 84.7 Å². The zero-order valence-corrected chi connectivity index (χ0v) is 16.2. The largest absolute Gasteiger partial charge is 0.314 e. The molecule has 3 aromatic rings. The second kappa shape index (κ2) is 8.08. The van der Waals surface area contributed by atoms with Crippen LogP contribution in [0.25, 0.3) is 5.69 Å². The van der Waals surface area contributed by atoms with Gasteiger partial charge in [-0.15, -0.1) is 10.2 Å². The van der Waals surface area contributed by atoms with Crippen molar-refractivity contribution in [3.05, 3.63) is 70.5 Å². The van der Waals surface area contributed by atoms with Gasteiger partial charge >= 0.3 is 0 Å². The molecule has 0 radical (unpaired) electrons. The molecule has 8 heteroatoms. The normalized spacial score (nSPS) is 17.0. The predicted molar refractivity (Wildman–Crippen MR) is 105 cm³/mol. The number of aromatic nitrogens is 4. The third kappa shape index (κ3) is 3.97. The number of hydrogen-bond donors (Lipinski definition) is 2. The molecule has 1 saturated heterocycles. The summed E-state index contributed by atoms with van der Waals surface area (Å²) in [5, 5.41) is 15.2. The van der Waals surface area contributed by atoms with Crippen molar-refractivity contribution in [3.8, 4) is 5.69 Å². The van der Waals surface area contributed by atoms with Gasteiger partial charge in [0.25, 0.3) is 0 Å². The lowest BCUT2D eigenvalue weighted by molar-refractivity contribution is 0.103. The van der Waals surface area contributed by atoms with Gasteiger partial charge in [-0.3, -0.25) is 14.3 Å². The molecular weight excluding hydrogens is 408 g/mol. The molecule has 0 spiro atoms. The van der Waals surface area contributed by atoms with Crippen LogP contribution in [0, 0.1) is 0 Å². The summed E-state index contributed by atoms with van der Waals surface area (Å²) in [6.07, 6.45) is 4.00. The first-order valence-corrected chi connectivity index (χ1v) is 9.60. The molecule has 2 aromatic heterocycles. The Hall–Kier alpha value is -2.42. The zero-order valence-electron chi connectivity index (χ0n) is 14.6. The molecular formula is C19H19BrN6O. The number of rotatable bonds is 5. The van der Waals surface area contributed by atoms with E-state index in [1.165, 1.54) is 0 Å². The molecule has 138 valence electrons. The van der Waals surface area contributed by atoms with Crippen molar-refractivity contribution in [1.82, 2.24) is 30.4 Å². The van der Waals surface area contributed by atoms with Crippen LogP contribution < -0.4 is 10.6 Å². The van der Waals surface area contributed by atoms with Crippen molar-refractivity contribution in [2.45, 2.75) is 12.5 Å². The Bertz CT molecular complexity index is 936. The van der Waals surface area contributed by atoms with E-state index in [9.17, 15) is 4.79 Å². The highest BCUT2D eigenvalue weighted by atomic mass is 79.9. The number of hydrogen-bond acceptors (Lipinski definition) is 6. The first kappa shape index (κ1) is 18.0. The van der Waals surface area contributed by atoms with E-state index in [1.807, 2.05) is 28.8 Å². The van der Waals surface area contributed by atoms with Gasteiger partial charge in [0.05, 0.1) is 5.69 Å². The lowest BCUT2D eigenvalue weighted by Gasteiger charge is -2.24. The van der Waals surface area contributed by atoms with Crippen LogP contribution in [-0.2, 0) is 6.42 Å². The van der Waals surface area contributed by atoms with E-state index in [4.69, 9.17) is 0 Å². The Morgan fingerprint density at radius 1 is 1.26 bits per heavy atom. The molecule has 1 atom stereocenters. The fourth-order valence-corrected chi connectivity index (χ4v) is 3.57. The first-order valence-electron chi connectivity index (χ1n) is 8.81. The maximum absolute atomic E-state index is 13.1. The molecule has 2 N–H and O–H groups in total. The number of piperazine rings is 1. The van der Waals surface area contributed by atoms with Crippen LogP contribution in [0.15, 0.2) is 53.4 Å². The van der Waals surface area contributed by atoms with Gasteiger partial charge in [-0.2, -0.15) is 0 Å². The molecule has 0 aliphatic carbocycles. The number of carbonyl (C=O) groups excluding carboxylic acids is 1. The number of benzene rings is 1. The van der Waals surface area contributed by atoms with Crippen molar-refractivity contribution in [2.75, 3.05) is 19.6 Å². The maximum atomic E-state index is 13.1. The fraction of sp³-hybridized carbons (Fsp3) is 0.263. The minimum atomic E-state index is -0.135. The van der Waals surface area contributed by atoms with Gasteiger partial charge in [0.15, 0.2) is 0 Å². The van der Waals surface area contributed by atoms with Crippen LogP contribution in [0.4, 0.5) is 0 Å². The fourth-order valence-electron chi connectivity index (χ4n) is 3.21. The number of halogens is 1. The Kier molecular flexibility index (Phi) is 5.38. The summed E-state index contributed by atoms with van der Waals surface area (Å²) >= 11 is 3.47. The van der Waals surface area contributed by atoms with E-state index >= 15 is 0 Å². The van der Waals surface area contributed by atoms with Crippen LogP contribution >= 0.6 is 15.9 Å². The lowest BCUT2D eigenvalue weighted by atomic mass is 10.0. The summed E-state index contributed by atoms with van der Waals surface area (Å²) in [5.41, 5.74) is 1.71. The van der Waals surface area contributed by atoms with E-state index in [-0.39, 0.29) is 11.8 Å².